The molecule has 1 aliphatic rings. The molecule has 1 aromatic heterocycles. The predicted octanol–water partition coefficient (Wildman–Crippen LogP) is 1.38. The summed E-state index contributed by atoms with van der Waals surface area (Å²) in [5.41, 5.74) is 0.552. The van der Waals surface area contributed by atoms with Gasteiger partial charge in [-0.3, -0.25) is 9.97 Å². The molecule has 1 fully saturated rings. The first-order valence-corrected chi connectivity index (χ1v) is 8.15. The van der Waals surface area contributed by atoms with Gasteiger partial charge in [0.2, 0.25) is 10.0 Å². The van der Waals surface area contributed by atoms with E-state index >= 15 is 0 Å². The molecule has 1 saturated heterocycles. The fourth-order valence-electron chi connectivity index (χ4n) is 2.29. The maximum absolute atomic E-state index is 13.8. The molecule has 3 rings (SSSR count). The van der Waals surface area contributed by atoms with Gasteiger partial charge in [0, 0.05) is 25.5 Å². The number of sulfonamides is 1. The monoisotopic (exact) mass is 323 g/mol. The van der Waals surface area contributed by atoms with Crippen LogP contribution < -0.4 is 0 Å². The Morgan fingerprint density at radius 1 is 1.27 bits per heavy atom. The average Bonchev–Trinajstić information content (AvgIpc) is 2.56. The number of rotatable bonds is 3. The van der Waals surface area contributed by atoms with Gasteiger partial charge in [-0.15, -0.1) is 0 Å². The third-order valence-corrected chi connectivity index (χ3v) is 5.30. The van der Waals surface area contributed by atoms with E-state index in [1.54, 1.807) is 0 Å². The van der Waals surface area contributed by atoms with Crippen molar-refractivity contribution in [2.24, 2.45) is 0 Å². The van der Waals surface area contributed by atoms with E-state index in [9.17, 15) is 12.8 Å². The molecule has 22 heavy (non-hydrogen) atoms. The van der Waals surface area contributed by atoms with Gasteiger partial charge >= 0.3 is 0 Å². The van der Waals surface area contributed by atoms with Crippen LogP contribution in [0.5, 0.6) is 0 Å². The van der Waals surface area contributed by atoms with Crippen LogP contribution in [0.4, 0.5) is 4.39 Å². The van der Waals surface area contributed by atoms with E-state index in [0.717, 1.165) is 6.07 Å². The van der Waals surface area contributed by atoms with Crippen LogP contribution in [-0.2, 0) is 14.8 Å². The lowest BCUT2D eigenvalue weighted by molar-refractivity contribution is -0.00520. The quantitative estimate of drug-likeness (QED) is 0.853. The summed E-state index contributed by atoms with van der Waals surface area (Å²) in [6.07, 6.45) is 4.07. The maximum Gasteiger partial charge on any atom is 0.246 e. The molecule has 0 bridgehead atoms. The van der Waals surface area contributed by atoms with Crippen molar-refractivity contribution in [1.29, 1.82) is 0 Å². The second kappa shape index (κ2) is 6.07. The molecule has 0 spiro atoms. The van der Waals surface area contributed by atoms with Crippen molar-refractivity contribution < 1.29 is 17.5 Å². The summed E-state index contributed by atoms with van der Waals surface area (Å²) in [4.78, 5) is 7.75. The fraction of sp³-hybridized carbons (Fsp3) is 0.286. The molecule has 0 amide bonds. The molecular formula is C14H14FN3O3S. The zero-order valence-corrected chi connectivity index (χ0v) is 12.4. The van der Waals surface area contributed by atoms with E-state index in [1.807, 2.05) is 0 Å². The number of benzene rings is 1. The Morgan fingerprint density at radius 3 is 2.82 bits per heavy atom. The number of nitrogens with zero attached hydrogens (tertiary/aromatic N) is 3. The molecule has 1 atom stereocenters. The zero-order chi connectivity index (χ0) is 15.6. The highest BCUT2D eigenvalue weighted by atomic mass is 32.2. The van der Waals surface area contributed by atoms with Crippen LogP contribution in [0.15, 0.2) is 47.8 Å². The summed E-state index contributed by atoms with van der Waals surface area (Å²) >= 11 is 0. The van der Waals surface area contributed by atoms with Crippen LogP contribution in [0.3, 0.4) is 0 Å². The minimum Gasteiger partial charge on any atom is -0.369 e. The molecule has 8 heteroatoms. The largest absolute Gasteiger partial charge is 0.369 e. The Bertz CT molecular complexity index is 755. The fourth-order valence-corrected chi connectivity index (χ4v) is 3.78. The molecule has 0 saturated carbocycles. The highest BCUT2D eigenvalue weighted by Gasteiger charge is 2.33. The van der Waals surface area contributed by atoms with Gasteiger partial charge in [-0.25, -0.2) is 12.8 Å². The summed E-state index contributed by atoms with van der Waals surface area (Å²) in [6, 6.07) is 5.34. The van der Waals surface area contributed by atoms with E-state index in [2.05, 4.69) is 9.97 Å². The summed E-state index contributed by atoms with van der Waals surface area (Å²) in [5.74, 6) is -0.759. The molecular weight excluding hydrogens is 309 g/mol. The zero-order valence-electron chi connectivity index (χ0n) is 11.6. The van der Waals surface area contributed by atoms with Crippen molar-refractivity contribution in [3.05, 3.63) is 54.4 Å². The molecule has 116 valence electrons. The van der Waals surface area contributed by atoms with E-state index < -0.39 is 21.9 Å². The van der Waals surface area contributed by atoms with Gasteiger partial charge < -0.3 is 4.74 Å². The van der Waals surface area contributed by atoms with E-state index in [0.29, 0.717) is 5.69 Å². The van der Waals surface area contributed by atoms with Crippen LogP contribution in [-0.4, -0.2) is 42.4 Å². The Balaban J connectivity index is 1.87. The smallest absolute Gasteiger partial charge is 0.246 e. The highest BCUT2D eigenvalue weighted by molar-refractivity contribution is 7.89. The molecule has 0 unspecified atom stereocenters. The first-order chi connectivity index (χ1) is 10.6. The molecule has 6 nitrogen and oxygen atoms in total. The minimum atomic E-state index is -3.90. The molecule has 2 heterocycles. The van der Waals surface area contributed by atoms with Gasteiger partial charge in [0.05, 0.1) is 18.5 Å². The van der Waals surface area contributed by atoms with Crippen molar-refractivity contribution in [2.75, 3.05) is 19.7 Å². The third kappa shape index (κ3) is 2.85. The number of hydrogen-bond donors (Lipinski definition) is 0. The SMILES string of the molecule is O=S(=O)(c1ccccc1F)N1CCO[C@H](c2cnccn2)C1. The lowest BCUT2D eigenvalue weighted by atomic mass is 10.2. The molecule has 0 radical (unpaired) electrons. The Hall–Kier alpha value is -1.90. The Morgan fingerprint density at radius 2 is 2.09 bits per heavy atom. The third-order valence-electron chi connectivity index (χ3n) is 3.40. The second-order valence-electron chi connectivity index (χ2n) is 4.78. The van der Waals surface area contributed by atoms with Crippen LogP contribution in [0.1, 0.15) is 11.8 Å². The van der Waals surface area contributed by atoms with E-state index in [-0.39, 0.29) is 24.6 Å². The maximum atomic E-state index is 13.8. The molecule has 2 aromatic rings. The molecule has 1 aliphatic heterocycles. The Labute approximate surface area is 127 Å². The normalized spacial score (nSPS) is 20.0. The lowest BCUT2D eigenvalue weighted by Crippen LogP contribution is -2.42. The van der Waals surface area contributed by atoms with Gasteiger partial charge in [-0.05, 0) is 12.1 Å². The molecule has 0 aliphatic carbocycles. The standard InChI is InChI=1S/C14H14FN3O3S/c15-11-3-1-2-4-14(11)22(19,20)18-7-8-21-13(10-18)12-9-16-5-6-17-12/h1-6,9,13H,7-8,10H2/t13-/m0/s1. The molecule has 1 aromatic carbocycles. The summed E-state index contributed by atoms with van der Waals surface area (Å²) in [5, 5.41) is 0. The van der Waals surface area contributed by atoms with Crippen molar-refractivity contribution in [2.45, 2.75) is 11.0 Å². The van der Waals surface area contributed by atoms with Crippen LogP contribution in [0, 0.1) is 5.82 Å². The van der Waals surface area contributed by atoms with Crippen LogP contribution in [0.25, 0.3) is 0 Å². The van der Waals surface area contributed by atoms with Crippen LogP contribution in [0.2, 0.25) is 0 Å². The number of halogens is 1. The summed E-state index contributed by atoms with van der Waals surface area (Å²) in [6.45, 7) is 0.470. The van der Waals surface area contributed by atoms with Crippen molar-refractivity contribution in [3.8, 4) is 0 Å². The first-order valence-electron chi connectivity index (χ1n) is 6.71. The number of aromatic nitrogens is 2. The van der Waals surface area contributed by atoms with Gasteiger partial charge in [-0.2, -0.15) is 4.31 Å². The topological polar surface area (TPSA) is 72.4 Å². The Kier molecular flexibility index (Phi) is 4.14. The van der Waals surface area contributed by atoms with Gasteiger partial charge in [-0.1, -0.05) is 12.1 Å². The predicted molar refractivity (Wildman–Crippen MR) is 75.9 cm³/mol. The summed E-state index contributed by atoms with van der Waals surface area (Å²) < 4.78 is 45.7. The number of ether oxygens (including phenoxy) is 1. The number of hydrogen-bond acceptors (Lipinski definition) is 5. The average molecular weight is 323 g/mol. The first kappa shape index (κ1) is 15.0. The highest BCUT2D eigenvalue weighted by Crippen LogP contribution is 2.26. The van der Waals surface area contributed by atoms with Gasteiger partial charge in [0.25, 0.3) is 0 Å². The van der Waals surface area contributed by atoms with E-state index in [4.69, 9.17) is 4.74 Å². The number of morpholine rings is 1. The minimum absolute atomic E-state index is 0.0787. The second-order valence-corrected chi connectivity index (χ2v) is 6.69. The van der Waals surface area contributed by atoms with Gasteiger partial charge in [0.1, 0.15) is 16.8 Å². The van der Waals surface area contributed by atoms with Crippen molar-refractivity contribution >= 4 is 10.0 Å². The summed E-state index contributed by atoms with van der Waals surface area (Å²) in [7, 11) is -3.90. The van der Waals surface area contributed by atoms with Gasteiger partial charge in [0.15, 0.2) is 0 Å². The van der Waals surface area contributed by atoms with E-state index in [1.165, 1.54) is 41.1 Å². The van der Waals surface area contributed by atoms with Crippen LogP contribution >= 0.6 is 0 Å². The van der Waals surface area contributed by atoms with Crippen molar-refractivity contribution in [3.63, 3.8) is 0 Å². The lowest BCUT2D eigenvalue weighted by Gasteiger charge is -2.31. The molecule has 0 N–H and O–H groups in total. The van der Waals surface area contributed by atoms with Crippen molar-refractivity contribution in [1.82, 2.24) is 14.3 Å².